The number of benzene rings is 1. The Hall–Kier alpha value is -2.76. The molecule has 0 radical (unpaired) electrons. The van der Waals surface area contributed by atoms with Crippen LogP contribution in [0.1, 0.15) is 47.4 Å². The Morgan fingerprint density at radius 3 is 2.42 bits per heavy atom. The van der Waals surface area contributed by atoms with E-state index in [-0.39, 0.29) is 16.0 Å². The van der Waals surface area contributed by atoms with E-state index in [1.807, 2.05) is 6.92 Å². The first kappa shape index (κ1) is 22.9. The van der Waals surface area contributed by atoms with Gasteiger partial charge >= 0.3 is 0 Å². The van der Waals surface area contributed by atoms with Crippen LogP contribution in [0.2, 0.25) is 0 Å². The fourth-order valence-corrected chi connectivity index (χ4v) is 5.64. The summed E-state index contributed by atoms with van der Waals surface area (Å²) in [5.74, 6) is -1.16. The lowest BCUT2D eigenvalue weighted by Gasteiger charge is -2.30. The molecule has 0 aliphatic carbocycles. The zero-order valence-corrected chi connectivity index (χ0v) is 18.8. The van der Waals surface area contributed by atoms with Gasteiger partial charge in [0.1, 0.15) is 5.00 Å². The van der Waals surface area contributed by atoms with Gasteiger partial charge in [-0.3, -0.25) is 25.2 Å². The molecule has 1 aromatic carbocycles. The van der Waals surface area contributed by atoms with E-state index in [2.05, 4.69) is 16.2 Å². The van der Waals surface area contributed by atoms with E-state index in [9.17, 15) is 22.8 Å². The summed E-state index contributed by atoms with van der Waals surface area (Å²) in [5, 5.41) is 4.59. The highest BCUT2D eigenvalue weighted by Crippen LogP contribution is 2.25. The van der Waals surface area contributed by atoms with Gasteiger partial charge in [0.15, 0.2) is 0 Å². The molecule has 166 valence electrons. The minimum atomic E-state index is -3.60. The molecule has 0 spiro atoms. The monoisotopic (exact) mass is 464 g/mol. The molecule has 11 heteroatoms. The average molecular weight is 465 g/mol. The highest BCUT2D eigenvalue weighted by Gasteiger charge is 2.28. The lowest BCUT2D eigenvalue weighted by Crippen LogP contribution is -2.40. The molecule has 0 bridgehead atoms. The van der Waals surface area contributed by atoms with Crippen molar-refractivity contribution in [2.75, 3.05) is 18.4 Å². The SMILES string of the molecule is CC(=O)NNC(=O)c1ccsc1NC(=O)c1ccc(S(=O)(=O)N2CCCC(C)C2)cc1. The number of sulfonamides is 1. The number of rotatable bonds is 5. The Kier molecular flexibility index (Phi) is 7.08. The fourth-order valence-electron chi connectivity index (χ4n) is 3.26. The number of hydrazine groups is 1. The van der Waals surface area contributed by atoms with Gasteiger partial charge in [-0.1, -0.05) is 6.92 Å². The molecular formula is C20H24N4O5S2. The van der Waals surface area contributed by atoms with E-state index < -0.39 is 27.7 Å². The summed E-state index contributed by atoms with van der Waals surface area (Å²) in [5.41, 5.74) is 4.89. The Bertz CT molecular complexity index is 1080. The zero-order chi connectivity index (χ0) is 22.6. The first-order valence-corrected chi connectivity index (χ1v) is 12.1. The molecule has 1 saturated heterocycles. The molecule has 3 N–H and O–H groups in total. The van der Waals surface area contributed by atoms with Crippen LogP contribution in [0, 0.1) is 5.92 Å². The predicted molar refractivity (Wildman–Crippen MR) is 117 cm³/mol. The topological polar surface area (TPSA) is 125 Å². The van der Waals surface area contributed by atoms with Crippen molar-refractivity contribution in [3.63, 3.8) is 0 Å². The summed E-state index contributed by atoms with van der Waals surface area (Å²) in [6, 6.07) is 7.25. The van der Waals surface area contributed by atoms with E-state index in [1.165, 1.54) is 41.6 Å². The Morgan fingerprint density at radius 1 is 1.06 bits per heavy atom. The third-order valence-electron chi connectivity index (χ3n) is 4.86. The summed E-state index contributed by atoms with van der Waals surface area (Å²) in [6.07, 6.45) is 1.85. The van der Waals surface area contributed by atoms with Crippen molar-refractivity contribution in [2.45, 2.75) is 31.6 Å². The fraction of sp³-hybridized carbons (Fsp3) is 0.350. The van der Waals surface area contributed by atoms with Gasteiger partial charge < -0.3 is 5.32 Å². The van der Waals surface area contributed by atoms with Crippen LogP contribution in [0.25, 0.3) is 0 Å². The third kappa shape index (κ3) is 5.49. The second kappa shape index (κ2) is 9.58. The smallest absolute Gasteiger partial charge is 0.272 e. The Labute approximate surface area is 184 Å². The van der Waals surface area contributed by atoms with E-state index in [1.54, 1.807) is 5.38 Å². The van der Waals surface area contributed by atoms with E-state index >= 15 is 0 Å². The number of carbonyl (C=O) groups is 3. The van der Waals surface area contributed by atoms with Gasteiger partial charge in [0, 0.05) is 25.6 Å². The predicted octanol–water partition coefficient (Wildman–Crippen LogP) is 2.20. The largest absolute Gasteiger partial charge is 0.313 e. The molecule has 2 heterocycles. The van der Waals surface area contributed by atoms with Crippen LogP contribution in [-0.4, -0.2) is 43.5 Å². The Balaban J connectivity index is 1.70. The average Bonchev–Trinajstić information content (AvgIpc) is 3.20. The van der Waals surface area contributed by atoms with Gasteiger partial charge in [-0.2, -0.15) is 4.31 Å². The minimum absolute atomic E-state index is 0.143. The summed E-state index contributed by atoms with van der Waals surface area (Å²) >= 11 is 1.15. The first-order chi connectivity index (χ1) is 14.7. The van der Waals surface area contributed by atoms with Crippen molar-refractivity contribution in [1.82, 2.24) is 15.2 Å². The molecule has 31 heavy (non-hydrogen) atoms. The number of amides is 3. The molecule has 0 saturated carbocycles. The maximum absolute atomic E-state index is 12.9. The van der Waals surface area contributed by atoms with Crippen molar-refractivity contribution in [1.29, 1.82) is 0 Å². The van der Waals surface area contributed by atoms with Crippen molar-refractivity contribution >= 4 is 44.1 Å². The molecule has 1 fully saturated rings. The van der Waals surface area contributed by atoms with E-state index in [0.29, 0.717) is 24.0 Å². The van der Waals surface area contributed by atoms with Gasteiger partial charge in [0.05, 0.1) is 10.5 Å². The lowest BCUT2D eigenvalue weighted by molar-refractivity contribution is -0.119. The van der Waals surface area contributed by atoms with Crippen LogP contribution in [0.5, 0.6) is 0 Å². The standard InChI is InChI=1S/C20H24N4O5S2/c1-13-4-3-10-24(12-13)31(28,29)16-7-5-15(6-8-16)18(26)21-20-17(9-11-30-20)19(27)23-22-14(2)25/h5-9,11,13H,3-4,10,12H2,1-2H3,(H,21,26)(H,22,25)(H,23,27). The number of anilines is 1. The molecular weight excluding hydrogens is 440 g/mol. The Morgan fingerprint density at radius 2 is 1.77 bits per heavy atom. The van der Waals surface area contributed by atoms with Crippen LogP contribution in [0.15, 0.2) is 40.6 Å². The van der Waals surface area contributed by atoms with E-state index in [0.717, 1.165) is 24.2 Å². The van der Waals surface area contributed by atoms with Crippen LogP contribution >= 0.6 is 11.3 Å². The molecule has 1 aromatic heterocycles. The molecule has 1 aliphatic heterocycles. The highest BCUT2D eigenvalue weighted by molar-refractivity contribution is 7.89. The molecule has 9 nitrogen and oxygen atoms in total. The van der Waals surface area contributed by atoms with Crippen LogP contribution in [0.4, 0.5) is 5.00 Å². The first-order valence-electron chi connectivity index (χ1n) is 9.74. The van der Waals surface area contributed by atoms with E-state index in [4.69, 9.17) is 0 Å². The van der Waals surface area contributed by atoms with Crippen molar-refractivity contribution in [3.05, 3.63) is 46.8 Å². The summed E-state index contributed by atoms with van der Waals surface area (Å²) in [4.78, 5) is 35.8. The third-order valence-corrected chi connectivity index (χ3v) is 7.57. The number of hydrogen-bond donors (Lipinski definition) is 3. The minimum Gasteiger partial charge on any atom is -0.313 e. The summed E-state index contributed by atoms with van der Waals surface area (Å²) in [6.45, 7) is 4.28. The van der Waals surface area contributed by atoms with Crippen molar-refractivity contribution < 1.29 is 22.8 Å². The van der Waals surface area contributed by atoms with Crippen molar-refractivity contribution in [3.8, 4) is 0 Å². The van der Waals surface area contributed by atoms with Gasteiger partial charge in [0.2, 0.25) is 15.9 Å². The number of hydrogen-bond acceptors (Lipinski definition) is 6. The van der Waals surface area contributed by atoms with Crippen LogP contribution in [-0.2, 0) is 14.8 Å². The molecule has 2 aromatic rings. The molecule has 3 rings (SSSR count). The zero-order valence-electron chi connectivity index (χ0n) is 17.2. The quantitative estimate of drug-likeness (QED) is 0.585. The summed E-state index contributed by atoms with van der Waals surface area (Å²) < 4.78 is 27.2. The molecule has 1 aliphatic rings. The van der Waals surface area contributed by atoms with Gasteiger partial charge in [-0.05, 0) is 54.5 Å². The number of thiophene rings is 1. The number of carbonyl (C=O) groups excluding carboxylic acids is 3. The van der Waals surface area contributed by atoms with Crippen molar-refractivity contribution in [2.24, 2.45) is 5.92 Å². The second-order valence-corrected chi connectivity index (χ2v) is 10.2. The van der Waals surface area contributed by atoms with Crippen LogP contribution < -0.4 is 16.2 Å². The van der Waals surface area contributed by atoms with Gasteiger partial charge in [0.25, 0.3) is 11.8 Å². The summed E-state index contributed by atoms with van der Waals surface area (Å²) in [7, 11) is -3.60. The molecule has 1 unspecified atom stereocenters. The number of piperidine rings is 1. The normalized spacial score (nSPS) is 17.0. The molecule has 3 amide bonds. The maximum Gasteiger partial charge on any atom is 0.272 e. The van der Waals surface area contributed by atoms with Gasteiger partial charge in [-0.15, -0.1) is 11.3 Å². The second-order valence-electron chi connectivity index (χ2n) is 7.39. The lowest BCUT2D eigenvalue weighted by atomic mass is 10.0. The number of nitrogens with zero attached hydrogens (tertiary/aromatic N) is 1. The molecule has 1 atom stereocenters. The van der Waals surface area contributed by atoms with Gasteiger partial charge in [-0.25, -0.2) is 8.42 Å². The van der Waals surface area contributed by atoms with Crippen LogP contribution in [0.3, 0.4) is 0 Å². The number of nitrogens with one attached hydrogen (secondary N) is 3. The highest BCUT2D eigenvalue weighted by atomic mass is 32.2. The maximum atomic E-state index is 12.9.